The largest absolute Gasteiger partial charge is 0.383 e. The lowest BCUT2D eigenvalue weighted by Crippen LogP contribution is -2.52. The van der Waals surface area contributed by atoms with E-state index in [0.29, 0.717) is 12.5 Å². The molecule has 0 amide bonds. The van der Waals surface area contributed by atoms with Crippen molar-refractivity contribution in [2.45, 2.75) is 19.4 Å². The third-order valence-electron chi connectivity index (χ3n) is 3.86. The van der Waals surface area contributed by atoms with Crippen molar-refractivity contribution in [1.82, 2.24) is 14.1 Å². The van der Waals surface area contributed by atoms with Crippen LogP contribution in [0.3, 0.4) is 0 Å². The van der Waals surface area contributed by atoms with E-state index >= 15 is 0 Å². The van der Waals surface area contributed by atoms with Crippen molar-refractivity contribution in [3.05, 3.63) is 0 Å². The fourth-order valence-corrected chi connectivity index (χ4v) is 3.33. The molecule has 0 spiro atoms. The quantitative estimate of drug-likeness (QED) is 0.628. The van der Waals surface area contributed by atoms with Crippen molar-refractivity contribution in [2.24, 2.45) is 0 Å². The van der Waals surface area contributed by atoms with Gasteiger partial charge in [0.25, 0.3) is 0 Å². The Hall–Kier alpha value is -0.210. The van der Waals surface area contributed by atoms with Crippen LogP contribution in [0.15, 0.2) is 0 Å². The Kier molecular flexibility index (Phi) is 7.39. The molecular weight excluding hydrogens is 278 g/mol. The van der Waals surface area contributed by atoms with Gasteiger partial charge >= 0.3 is 0 Å². The van der Waals surface area contributed by atoms with Crippen molar-refractivity contribution in [2.75, 3.05) is 66.3 Å². The predicted octanol–water partition coefficient (Wildman–Crippen LogP) is -0.0796. The van der Waals surface area contributed by atoms with Crippen LogP contribution < -0.4 is 0 Å². The number of sulfonamides is 1. The number of ether oxygens (including phenoxy) is 1. The topological polar surface area (TPSA) is 53.1 Å². The maximum Gasteiger partial charge on any atom is 0.213 e. The van der Waals surface area contributed by atoms with Gasteiger partial charge in [0.05, 0.1) is 12.4 Å². The summed E-state index contributed by atoms with van der Waals surface area (Å²) in [7, 11) is 1.85. The zero-order chi connectivity index (χ0) is 15.2. The first kappa shape index (κ1) is 17.8. The molecular formula is C13H29N3O3S. The van der Waals surface area contributed by atoms with E-state index in [9.17, 15) is 8.42 Å². The van der Waals surface area contributed by atoms with Crippen LogP contribution in [-0.4, -0.2) is 94.9 Å². The molecule has 6 nitrogen and oxygen atoms in total. The van der Waals surface area contributed by atoms with E-state index < -0.39 is 10.0 Å². The third kappa shape index (κ3) is 5.65. The molecule has 0 radical (unpaired) electrons. The zero-order valence-corrected chi connectivity index (χ0v) is 14.0. The number of hydrogen-bond donors (Lipinski definition) is 0. The summed E-state index contributed by atoms with van der Waals surface area (Å²) in [6.07, 6.45) is 0.700. The number of hydrogen-bond acceptors (Lipinski definition) is 5. The summed E-state index contributed by atoms with van der Waals surface area (Å²) in [4.78, 5) is 4.79. The molecule has 1 heterocycles. The van der Waals surface area contributed by atoms with Crippen LogP contribution in [0.4, 0.5) is 0 Å². The van der Waals surface area contributed by atoms with Gasteiger partial charge < -0.3 is 9.64 Å². The van der Waals surface area contributed by atoms with Crippen LogP contribution in [0, 0.1) is 0 Å². The van der Waals surface area contributed by atoms with Crippen LogP contribution in [0.2, 0.25) is 0 Å². The molecule has 0 aliphatic carbocycles. The summed E-state index contributed by atoms with van der Waals surface area (Å²) in [6.45, 7) is 7.87. The standard InChI is InChI=1S/C13H29N3O3S/c1-13-12-15(7-8-16(13)9-10-19-4)6-5-11-20(17,18)14(2)3/h13H,5-12H2,1-4H3/t13-/m1/s1. The zero-order valence-electron chi connectivity index (χ0n) is 13.2. The summed E-state index contributed by atoms with van der Waals surface area (Å²) in [5.74, 6) is 0.234. The molecule has 1 saturated heterocycles. The smallest absolute Gasteiger partial charge is 0.213 e. The van der Waals surface area contributed by atoms with E-state index in [1.807, 2.05) is 0 Å². The third-order valence-corrected chi connectivity index (χ3v) is 5.78. The minimum atomic E-state index is -3.06. The highest BCUT2D eigenvalue weighted by atomic mass is 32.2. The monoisotopic (exact) mass is 307 g/mol. The van der Waals surface area contributed by atoms with E-state index in [-0.39, 0.29) is 5.75 Å². The first-order valence-corrected chi connectivity index (χ1v) is 8.83. The van der Waals surface area contributed by atoms with Crippen LogP contribution in [0.5, 0.6) is 0 Å². The van der Waals surface area contributed by atoms with Gasteiger partial charge in [0.2, 0.25) is 10.0 Å². The maximum absolute atomic E-state index is 11.7. The molecule has 0 aromatic heterocycles. The van der Waals surface area contributed by atoms with Crippen LogP contribution in [0.1, 0.15) is 13.3 Å². The number of rotatable bonds is 8. The van der Waals surface area contributed by atoms with Crippen molar-refractivity contribution < 1.29 is 13.2 Å². The van der Waals surface area contributed by atoms with E-state index in [1.165, 1.54) is 4.31 Å². The molecule has 0 aromatic rings. The van der Waals surface area contributed by atoms with Gasteiger partial charge in [-0.05, 0) is 19.9 Å². The van der Waals surface area contributed by atoms with Gasteiger partial charge in [0, 0.05) is 53.4 Å². The average Bonchev–Trinajstić information content (AvgIpc) is 2.37. The van der Waals surface area contributed by atoms with Crippen molar-refractivity contribution in [3.8, 4) is 0 Å². The van der Waals surface area contributed by atoms with Gasteiger partial charge in [-0.2, -0.15) is 0 Å². The Balaban J connectivity index is 2.28. The molecule has 0 aromatic carbocycles. The van der Waals surface area contributed by atoms with Crippen molar-refractivity contribution in [3.63, 3.8) is 0 Å². The lowest BCUT2D eigenvalue weighted by molar-refractivity contribution is 0.0592. The van der Waals surface area contributed by atoms with Gasteiger partial charge in [0.1, 0.15) is 0 Å². The van der Waals surface area contributed by atoms with E-state index in [2.05, 4.69) is 16.7 Å². The van der Waals surface area contributed by atoms with Crippen molar-refractivity contribution in [1.29, 1.82) is 0 Å². The minimum absolute atomic E-state index is 0.234. The summed E-state index contributed by atoms with van der Waals surface area (Å²) in [5, 5.41) is 0. The number of nitrogens with zero attached hydrogens (tertiary/aromatic N) is 3. The Morgan fingerprint density at radius 1 is 1.25 bits per heavy atom. The Morgan fingerprint density at radius 2 is 1.95 bits per heavy atom. The SMILES string of the molecule is COCCN1CCN(CCCS(=O)(=O)N(C)C)C[C@H]1C. The molecule has 0 saturated carbocycles. The molecule has 1 aliphatic rings. The number of methoxy groups -OCH3 is 1. The fourth-order valence-electron chi connectivity index (χ4n) is 2.47. The Bertz CT molecular complexity index is 373. The number of piperazine rings is 1. The van der Waals surface area contributed by atoms with Crippen LogP contribution in [0.25, 0.3) is 0 Å². The molecule has 1 aliphatic heterocycles. The van der Waals surface area contributed by atoms with Gasteiger partial charge in [-0.1, -0.05) is 0 Å². The van der Waals surface area contributed by atoms with Crippen molar-refractivity contribution >= 4 is 10.0 Å². The van der Waals surface area contributed by atoms with E-state index in [0.717, 1.165) is 39.3 Å². The first-order valence-electron chi connectivity index (χ1n) is 7.22. The van der Waals surface area contributed by atoms with Gasteiger partial charge in [-0.15, -0.1) is 0 Å². The molecule has 0 N–H and O–H groups in total. The summed E-state index contributed by atoms with van der Waals surface area (Å²) < 4.78 is 29.8. The second-order valence-corrected chi connectivity index (χ2v) is 7.93. The predicted molar refractivity (Wildman–Crippen MR) is 81.4 cm³/mol. The van der Waals surface area contributed by atoms with Crippen LogP contribution in [-0.2, 0) is 14.8 Å². The van der Waals surface area contributed by atoms with Gasteiger partial charge in [-0.3, -0.25) is 4.90 Å². The maximum atomic E-state index is 11.7. The van der Waals surface area contributed by atoms with Gasteiger partial charge in [0.15, 0.2) is 0 Å². The second kappa shape index (κ2) is 8.29. The minimum Gasteiger partial charge on any atom is -0.383 e. The molecule has 1 rings (SSSR count). The highest BCUT2D eigenvalue weighted by molar-refractivity contribution is 7.89. The van der Waals surface area contributed by atoms with Crippen LogP contribution >= 0.6 is 0 Å². The summed E-state index contributed by atoms with van der Waals surface area (Å²) >= 11 is 0. The van der Waals surface area contributed by atoms with E-state index in [1.54, 1.807) is 21.2 Å². The van der Waals surface area contributed by atoms with Gasteiger partial charge in [-0.25, -0.2) is 12.7 Å². The molecule has 7 heteroatoms. The lowest BCUT2D eigenvalue weighted by atomic mass is 10.2. The first-order chi connectivity index (χ1) is 9.36. The fraction of sp³-hybridized carbons (Fsp3) is 1.00. The molecule has 20 heavy (non-hydrogen) atoms. The average molecular weight is 307 g/mol. The summed E-state index contributed by atoms with van der Waals surface area (Å²) in [6, 6.07) is 0.504. The second-order valence-electron chi connectivity index (χ2n) is 5.63. The highest BCUT2D eigenvalue weighted by Crippen LogP contribution is 2.10. The molecule has 1 atom stereocenters. The normalized spacial score (nSPS) is 22.6. The molecule has 0 unspecified atom stereocenters. The lowest BCUT2D eigenvalue weighted by Gasteiger charge is -2.39. The van der Waals surface area contributed by atoms with E-state index in [4.69, 9.17) is 4.74 Å². The highest BCUT2D eigenvalue weighted by Gasteiger charge is 2.23. The molecule has 1 fully saturated rings. The Morgan fingerprint density at radius 3 is 2.50 bits per heavy atom. The summed E-state index contributed by atoms with van der Waals surface area (Å²) in [5.41, 5.74) is 0. The molecule has 120 valence electrons. The Labute approximate surface area is 123 Å². The molecule has 0 bridgehead atoms.